The number of ether oxygens (including phenoxy) is 3. The van der Waals surface area contributed by atoms with Crippen molar-refractivity contribution in [1.82, 2.24) is 10.2 Å². The molecule has 10 heteroatoms. The highest BCUT2D eigenvalue weighted by molar-refractivity contribution is 6.01. The van der Waals surface area contributed by atoms with Gasteiger partial charge in [0.1, 0.15) is 12.4 Å². The fourth-order valence-electron chi connectivity index (χ4n) is 2.98. The smallest absolute Gasteiger partial charge is 0.359 e. The lowest BCUT2D eigenvalue weighted by Gasteiger charge is -2.20. The number of nitrogens with one attached hydrogen (secondary N) is 1. The quantitative estimate of drug-likeness (QED) is 0.411. The van der Waals surface area contributed by atoms with Gasteiger partial charge in [0.2, 0.25) is 0 Å². The van der Waals surface area contributed by atoms with E-state index in [-0.39, 0.29) is 31.4 Å². The fraction of sp³-hybridized carbons (Fsp3) is 0.167. The van der Waals surface area contributed by atoms with Gasteiger partial charge in [-0.2, -0.15) is 5.10 Å². The number of nitro groups is 1. The molecule has 0 saturated carbocycles. The summed E-state index contributed by atoms with van der Waals surface area (Å²) in [6.45, 7) is -0.111. The number of fused-ring (bicyclic) bond motifs is 2. The molecule has 28 heavy (non-hydrogen) atoms. The molecule has 0 aliphatic carbocycles. The lowest BCUT2D eigenvalue weighted by Crippen LogP contribution is -2.17. The molecule has 0 saturated heterocycles. The average Bonchev–Trinajstić information content (AvgIpc) is 2.72. The minimum absolute atomic E-state index is 0.00211. The first kappa shape index (κ1) is 17.6. The summed E-state index contributed by atoms with van der Waals surface area (Å²) in [7, 11) is 0. The van der Waals surface area contributed by atoms with Crippen LogP contribution in [0, 0.1) is 10.1 Å². The highest BCUT2D eigenvalue weighted by atomic mass is 16.7. The van der Waals surface area contributed by atoms with Crippen LogP contribution in [0.15, 0.2) is 41.2 Å². The van der Waals surface area contributed by atoms with Crippen LogP contribution in [-0.4, -0.2) is 27.9 Å². The van der Waals surface area contributed by atoms with E-state index in [1.165, 1.54) is 12.1 Å². The van der Waals surface area contributed by atoms with E-state index >= 15 is 0 Å². The van der Waals surface area contributed by atoms with Crippen molar-refractivity contribution in [2.24, 2.45) is 0 Å². The zero-order chi connectivity index (χ0) is 19.7. The molecule has 1 aliphatic heterocycles. The predicted octanol–water partition coefficient (Wildman–Crippen LogP) is 2.05. The Hall–Kier alpha value is -3.79. The fourth-order valence-corrected chi connectivity index (χ4v) is 2.98. The Morgan fingerprint density at radius 1 is 1.29 bits per heavy atom. The summed E-state index contributed by atoms with van der Waals surface area (Å²) in [5.41, 5.74) is 0.201. The maximum atomic E-state index is 12.5. The maximum absolute atomic E-state index is 12.5. The monoisotopic (exact) mass is 383 g/mol. The second-order valence-corrected chi connectivity index (χ2v) is 5.98. The van der Waals surface area contributed by atoms with Gasteiger partial charge < -0.3 is 14.2 Å². The highest BCUT2D eigenvalue weighted by Crippen LogP contribution is 2.33. The number of H-pyrrole nitrogens is 1. The van der Waals surface area contributed by atoms with E-state index < -0.39 is 16.5 Å². The van der Waals surface area contributed by atoms with Crippen LogP contribution >= 0.6 is 0 Å². The van der Waals surface area contributed by atoms with Gasteiger partial charge in [0.15, 0.2) is 12.5 Å². The number of nitrogens with zero attached hydrogens (tertiary/aromatic N) is 2. The first-order valence-corrected chi connectivity index (χ1v) is 8.20. The minimum Gasteiger partial charge on any atom is -0.467 e. The van der Waals surface area contributed by atoms with E-state index in [0.29, 0.717) is 27.6 Å². The van der Waals surface area contributed by atoms with Gasteiger partial charge in [0.25, 0.3) is 11.2 Å². The summed E-state index contributed by atoms with van der Waals surface area (Å²) in [4.78, 5) is 35.0. The van der Waals surface area contributed by atoms with E-state index in [2.05, 4.69) is 10.2 Å². The number of non-ortho nitro benzene ring substituents is 1. The van der Waals surface area contributed by atoms with Gasteiger partial charge in [0, 0.05) is 28.6 Å². The largest absolute Gasteiger partial charge is 0.467 e. The molecule has 0 amide bonds. The van der Waals surface area contributed by atoms with Gasteiger partial charge in [-0.3, -0.25) is 14.9 Å². The van der Waals surface area contributed by atoms with Crippen LogP contribution in [-0.2, 0) is 22.7 Å². The number of benzene rings is 2. The summed E-state index contributed by atoms with van der Waals surface area (Å²) >= 11 is 0. The van der Waals surface area contributed by atoms with E-state index in [1.807, 2.05) is 0 Å². The normalized spacial score (nSPS) is 12.9. The first-order chi connectivity index (χ1) is 13.5. The summed E-state index contributed by atoms with van der Waals surface area (Å²) in [5.74, 6) is -0.385. The van der Waals surface area contributed by atoms with Crippen LogP contribution in [0.5, 0.6) is 5.75 Å². The van der Waals surface area contributed by atoms with Gasteiger partial charge in [0.05, 0.1) is 16.9 Å². The van der Waals surface area contributed by atoms with Gasteiger partial charge in [-0.05, 0) is 6.07 Å². The van der Waals surface area contributed by atoms with Gasteiger partial charge in [-0.25, -0.2) is 9.89 Å². The average molecular weight is 383 g/mol. The number of aromatic nitrogens is 2. The lowest BCUT2D eigenvalue weighted by molar-refractivity contribution is -0.385. The second kappa shape index (κ2) is 7.08. The molecule has 0 spiro atoms. The molecule has 2 heterocycles. The van der Waals surface area contributed by atoms with Crippen molar-refractivity contribution in [1.29, 1.82) is 0 Å². The van der Waals surface area contributed by atoms with Crippen molar-refractivity contribution in [2.75, 3.05) is 6.79 Å². The number of carbonyl (C=O) groups is 1. The molecule has 1 N–H and O–H groups in total. The Kier molecular flexibility index (Phi) is 4.45. The molecule has 0 atom stereocenters. The third-order valence-corrected chi connectivity index (χ3v) is 4.23. The predicted molar refractivity (Wildman–Crippen MR) is 94.9 cm³/mol. The molecule has 0 bridgehead atoms. The lowest BCUT2D eigenvalue weighted by atomic mass is 10.1. The zero-order valence-corrected chi connectivity index (χ0v) is 14.3. The van der Waals surface area contributed by atoms with Crippen molar-refractivity contribution >= 4 is 22.4 Å². The van der Waals surface area contributed by atoms with Crippen LogP contribution in [0.2, 0.25) is 0 Å². The number of esters is 1. The second-order valence-electron chi connectivity index (χ2n) is 5.98. The standard InChI is InChI=1S/C18H13N3O7/c22-17-14-4-2-1-3-13(14)15(19-20-17)18(23)27-8-11-6-12(21(24)25)5-10-7-26-9-28-16(10)11/h1-6H,7-9H2,(H,20,22). The number of hydrogen-bond acceptors (Lipinski definition) is 8. The Morgan fingerprint density at radius 2 is 2.07 bits per heavy atom. The topological polar surface area (TPSA) is 134 Å². The summed E-state index contributed by atoms with van der Waals surface area (Å²) < 4.78 is 15.9. The van der Waals surface area contributed by atoms with Gasteiger partial charge in [-0.15, -0.1) is 0 Å². The van der Waals surface area contributed by atoms with Crippen LogP contribution in [0.4, 0.5) is 5.69 Å². The van der Waals surface area contributed by atoms with Crippen molar-refractivity contribution in [3.8, 4) is 5.75 Å². The molecule has 10 nitrogen and oxygen atoms in total. The zero-order valence-electron chi connectivity index (χ0n) is 14.3. The third kappa shape index (κ3) is 3.16. The van der Waals surface area contributed by atoms with Gasteiger partial charge >= 0.3 is 5.97 Å². The van der Waals surface area contributed by atoms with Crippen LogP contribution in [0.3, 0.4) is 0 Å². The molecule has 3 aromatic rings. The van der Waals surface area contributed by atoms with Crippen LogP contribution in [0.1, 0.15) is 21.6 Å². The molecule has 4 rings (SSSR count). The molecule has 142 valence electrons. The molecule has 2 aromatic carbocycles. The van der Waals surface area contributed by atoms with E-state index in [9.17, 15) is 19.7 Å². The van der Waals surface area contributed by atoms with Crippen LogP contribution in [0.25, 0.3) is 10.8 Å². The Morgan fingerprint density at radius 3 is 2.86 bits per heavy atom. The van der Waals surface area contributed by atoms with Crippen molar-refractivity contribution < 1.29 is 23.9 Å². The summed E-state index contributed by atoms with van der Waals surface area (Å²) in [6, 6.07) is 9.14. The van der Waals surface area contributed by atoms with E-state index in [0.717, 1.165) is 0 Å². The number of hydrogen-bond donors (Lipinski definition) is 1. The molecule has 0 fully saturated rings. The molecule has 1 aliphatic rings. The number of carbonyl (C=O) groups excluding carboxylic acids is 1. The summed E-state index contributed by atoms with van der Waals surface area (Å²) in [5, 5.41) is 17.8. The Labute approximate surface area is 156 Å². The van der Waals surface area contributed by atoms with E-state index in [4.69, 9.17) is 14.2 Å². The van der Waals surface area contributed by atoms with Crippen molar-refractivity contribution in [3.63, 3.8) is 0 Å². The highest BCUT2D eigenvalue weighted by Gasteiger charge is 2.23. The molecule has 0 radical (unpaired) electrons. The van der Waals surface area contributed by atoms with Crippen molar-refractivity contribution in [2.45, 2.75) is 13.2 Å². The van der Waals surface area contributed by atoms with Gasteiger partial charge in [-0.1, -0.05) is 18.2 Å². The van der Waals surface area contributed by atoms with Crippen molar-refractivity contribution in [3.05, 3.63) is 73.7 Å². The minimum atomic E-state index is -0.778. The third-order valence-electron chi connectivity index (χ3n) is 4.23. The molecule has 0 unspecified atom stereocenters. The maximum Gasteiger partial charge on any atom is 0.359 e. The number of aromatic amines is 1. The molecular formula is C18H13N3O7. The molecule has 1 aromatic heterocycles. The number of rotatable bonds is 4. The molecular weight excluding hydrogens is 370 g/mol. The first-order valence-electron chi connectivity index (χ1n) is 8.20. The van der Waals surface area contributed by atoms with E-state index in [1.54, 1.807) is 24.3 Å². The Balaban J connectivity index is 1.64. The van der Waals surface area contributed by atoms with Crippen LogP contribution < -0.4 is 10.3 Å². The summed E-state index contributed by atoms with van der Waals surface area (Å²) in [6.07, 6.45) is 0. The SMILES string of the molecule is O=C(OCc1cc([N+](=O)[O-])cc2c1OCOC2)c1n[nH]c(=O)c2ccccc12. The Bertz CT molecular complexity index is 1160. The number of nitro benzene ring substituents is 1.